The average molecular weight is 443 g/mol. The van der Waals surface area contributed by atoms with Gasteiger partial charge in [0.05, 0.1) is 5.69 Å². The topological polar surface area (TPSA) is 55.8 Å². The van der Waals surface area contributed by atoms with Crippen LogP contribution in [0, 0.1) is 17.6 Å². The number of nitrogens with one attached hydrogen (secondary N) is 2. The van der Waals surface area contributed by atoms with Gasteiger partial charge in [0, 0.05) is 58.1 Å². The number of nitrogens with zero attached hydrogens (tertiary/aromatic N) is 4. The Bertz CT molecular complexity index is 925. The second kappa shape index (κ2) is 10.1. The van der Waals surface area contributed by atoms with E-state index in [1.165, 1.54) is 25.0 Å². The summed E-state index contributed by atoms with van der Waals surface area (Å²) in [5.41, 5.74) is 1.52. The molecule has 0 radical (unpaired) electrons. The van der Waals surface area contributed by atoms with Gasteiger partial charge in [0.1, 0.15) is 17.5 Å². The number of pyridine rings is 1. The highest BCUT2D eigenvalue weighted by Gasteiger charge is 2.25. The Morgan fingerprint density at radius 3 is 2.56 bits per heavy atom. The van der Waals surface area contributed by atoms with Gasteiger partial charge in [-0.25, -0.2) is 13.8 Å². The maximum absolute atomic E-state index is 14.1. The van der Waals surface area contributed by atoms with Crippen LogP contribution in [0.3, 0.4) is 0 Å². The van der Waals surface area contributed by atoms with Crippen LogP contribution in [-0.2, 0) is 6.54 Å². The molecule has 0 bridgehead atoms. The van der Waals surface area contributed by atoms with Crippen molar-refractivity contribution in [2.24, 2.45) is 10.9 Å². The quantitative estimate of drug-likeness (QED) is 0.548. The summed E-state index contributed by atoms with van der Waals surface area (Å²) in [7, 11) is 1.74. The first-order valence-corrected chi connectivity index (χ1v) is 11.4. The van der Waals surface area contributed by atoms with E-state index in [-0.39, 0.29) is 6.04 Å². The Morgan fingerprint density at radius 1 is 1.09 bits per heavy atom. The second-order valence-electron chi connectivity index (χ2n) is 8.79. The molecule has 2 aliphatic heterocycles. The predicted octanol–water partition coefficient (Wildman–Crippen LogP) is 3.54. The Balaban J connectivity index is 1.26. The zero-order valence-corrected chi connectivity index (χ0v) is 18.8. The summed E-state index contributed by atoms with van der Waals surface area (Å²) in [6.45, 7) is 6.41. The number of guanidine groups is 1. The minimum Gasteiger partial charge on any atom is -0.367 e. The van der Waals surface area contributed by atoms with E-state index < -0.39 is 11.6 Å². The molecule has 2 N–H and O–H groups in total. The molecule has 6 nitrogen and oxygen atoms in total. The Kier molecular flexibility index (Phi) is 7.07. The molecule has 0 saturated carbocycles. The molecule has 1 unspecified atom stereocenters. The van der Waals surface area contributed by atoms with Gasteiger partial charge in [-0.2, -0.15) is 0 Å². The van der Waals surface area contributed by atoms with Crippen molar-refractivity contribution in [2.45, 2.75) is 38.8 Å². The van der Waals surface area contributed by atoms with Gasteiger partial charge in [-0.3, -0.25) is 4.99 Å². The fourth-order valence-electron chi connectivity index (χ4n) is 4.35. The van der Waals surface area contributed by atoms with Crippen LogP contribution in [0.4, 0.5) is 20.3 Å². The molecular weight excluding hydrogens is 410 g/mol. The second-order valence-corrected chi connectivity index (χ2v) is 8.79. The monoisotopic (exact) mass is 442 g/mol. The summed E-state index contributed by atoms with van der Waals surface area (Å²) in [5, 5.41) is 6.74. The van der Waals surface area contributed by atoms with E-state index in [2.05, 4.69) is 44.6 Å². The Morgan fingerprint density at radius 2 is 1.88 bits per heavy atom. The minimum absolute atomic E-state index is 0.132. The van der Waals surface area contributed by atoms with Gasteiger partial charge in [-0.15, -0.1) is 0 Å². The van der Waals surface area contributed by atoms with Gasteiger partial charge in [0.25, 0.3) is 0 Å². The number of benzene rings is 1. The number of halogens is 2. The SMILES string of the molecule is CN=C(NCc1ccc(N2CCC(C)CC2)nc1)NC1CCN(c2ccc(F)cc2F)C1. The normalized spacial score (nSPS) is 20.0. The van der Waals surface area contributed by atoms with Crippen LogP contribution in [-0.4, -0.2) is 50.2 Å². The minimum atomic E-state index is -0.558. The number of piperidine rings is 1. The molecular formula is C24H32F2N6. The zero-order valence-electron chi connectivity index (χ0n) is 18.8. The number of rotatable bonds is 5. The number of aliphatic imine (C=N–C) groups is 1. The van der Waals surface area contributed by atoms with E-state index in [0.29, 0.717) is 31.3 Å². The lowest BCUT2D eigenvalue weighted by atomic mass is 9.99. The summed E-state index contributed by atoms with van der Waals surface area (Å²) in [5.74, 6) is 1.46. The van der Waals surface area contributed by atoms with Crippen molar-refractivity contribution in [3.63, 3.8) is 0 Å². The summed E-state index contributed by atoms with van der Waals surface area (Å²) < 4.78 is 27.3. The molecule has 2 fully saturated rings. The van der Waals surface area contributed by atoms with Crippen molar-refractivity contribution in [1.82, 2.24) is 15.6 Å². The van der Waals surface area contributed by atoms with E-state index >= 15 is 0 Å². The van der Waals surface area contributed by atoms with Gasteiger partial charge in [0.2, 0.25) is 0 Å². The average Bonchev–Trinajstić information content (AvgIpc) is 3.25. The van der Waals surface area contributed by atoms with Crippen LogP contribution in [0.1, 0.15) is 31.7 Å². The molecule has 4 rings (SSSR count). The molecule has 2 aliphatic rings. The summed E-state index contributed by atoms with van der Waals surface area (Å²) in [6, 6.07) is 8.06. The van der Waals surface area contributed by atoms with Gasteiger partial charge in [-0.1, -0.05) is 13.0 Å². The number of hydrogen-bond donors (Lipinski definition) is 2. The van der Waals surface area contributed by atoms with Gasteiger partial charge >= 0.3 is 0 Å². The third-order valence-electron chi connectivity index (χ3n) is 6.38. The summed E-state index contributed by atoms with van der Waals surface area (Å²) in [6.07, 6.45) is 5.21. The van der Waals surface area contributed by atoms with E-state index in [1.807, 2.05) is 11.1 Å². The lowest BCUT2D eigenvalue weighted by molar-refractivity contribution is 0.436. The molecule has 32 heavy (non-hydrogen) atoms. The van der Waals surface area contributed by atoms with Crippen molar-refractivity contribution < 1.29 is 8.78 Å². The highest BCUT2D eigenvalue weighted by atomic mass is 19.1. The lowest BCUT2D eigenvalue weighted by Crippen LogP contribution is -2.44. The Hall–Kier alpha value is -2.90. The van der Waals surface area contributed by atoms with Crippen molar-refractivity contribution in [3.8, 4) is 0 Å². The van der Waals surface area contributed by atoms with Crippen LogP contribution in [0.15, 0.2) is 41.5 Å². The first-order valence-electron chi connectivity index (χ1n) is 11.4. The molecule has 2 saturated heterocycles. The molecule has 1 aromatic carbocycles. The van der Waals surface area contributed by atoms with Gasteiger partial charge < -0.3 is 20.4 Å². The first-order chi connectivity index (χ1) is 15.5. The van der Waals surface area contributed by atoms with Crippen molar-refractivity contribution in [3.05, 3.63) is 53.7 Å². The van der Waals surface area contributed by atoms with Crippen molar-refractivity contribution in [1.29, 1.82) is 0 Å². The smallest absolute Gasteiger partial charge is 0.191 e. The largest absolute Gasteiger partial charge is 0.367 e. The van der Waals surface area contributed by atoms with E-state index in [1.54, 1.807) is 7.05 Å². The number of aromatic nitrogens is 1. The fraction of sp³-hybridized carbons (Fsp3) is 0.500. The maximum Gasteiger partial charge on any atom is 0.191 e. The molecule has 0 aliphatic carbocycles. The molecule has 172 valence electrons. The molecule has 1 atom stereocenters. The zero-order chi connectivity index (χ0) is 22.5. The maximum atomic E-state index is 14.1. The van der Waals surface area contributed by atoms with Gasteiger partial charge in [0.15, 0.2) is 5.96 Å². The van der Waals surface area contributed by atoms with E-state index in [0.717, 1.165) is 42.9 Å². The van der Waals surface area contributed by atoms with Crippen LogP contribution >= 0.6 is 0 Å². The standard InChI is InChI=1S/C24H32F2N6/c1-17-7-10-31(11-8-17)23-6-3-18(14-28-23)15-29-24(27-2)30-20-9-12-32(16-20)22-5-4-19(25)13-21(22)26/h3-6,13-14,17,20H,7-12,15-16H2,1-2H3,(H2,27,29,30). The van der Waals surface area contributed by atoms with Crippen LogP contribution < -0.4 is 20.4 Å². The number of anilines is 2. The highest BCUT2D eigenvalue weighted by molar-refractivity contribution is 5.80. The third kappa shape index (κ3) is 5.47. The Labute approximate surface area is 188 Å². The molecule has 0 amide bonds. The van der Waals surface area contributed by atoms with Crippen molar-refractivity contribution >= 4 is 17.5 Å². The van der Waals surface area contributed by atoms with Crippen LogP contribution in [0.5, 0.6) is 0 Å². The summed E-state index contributed by atoms with van der Waals surface area (Å²) >= 11 is 0. The first kappa shape index (κ1) is 22.3. The van der Waals surface area contributed by atoms with Crippen LogP contribution in [0.25, 0.3) is 0 Å². The van der Waals surface area contributed by atoms with Crippen molar-refractivity contribution in [2.75, 3.05) is 43.0 Å². The fourth-order valence-corrected chi connectivity index (χ4v) is 4.35. The van der Waals surface area contributed by atoms with Gasteiger partial charge in [-0.05, 0) is 48.9 Å². The van der Waals surface area contributed by atoms with E-state index in [4.69, 9.17) is 0 Å². The van der Waals surface area contributed by atoms with E-state index in [9.17, 15) is 8.78 Å². The highest BCUT2D eigenvalue weighted by Crippen LogP contribution is 2.24. The molecule has 8 heteroatoms. The molecule has 0 spiro atoms. The third-order valence-corrected chi connectivity index (χ3v) is 6.38. The summed E-state index contributed by atoms with van der Waals surface area (Å²) in [4.78, 5) is 13.3. The lowest BCUT2D eigenvalue weighted by Gasteiger charge is -2.31. The molecule has 3 heterocycles. The van der Waals surface area contributed by atoms with Crippen LogP contribution in [0.2, 0.25) is 0 Å². The predicted molar refractivity (Wildman–Crippen MR) is 125 cm³/mol. The molecule has 1 aromatic heterocycles. The molecule has 2 aromatic rings. The number of hydrogen-bond acceptors (Lipinski definition) is 4.